The van der Waals surface area contributed by atoms with Gasteiger partial charge >= 0.3 is 0 Å². The molecule has 1 unspecified atom stereocenters. The summed E-state index contributed by atoms with van der Waals surface area (Å²) in [5.74, 6) is 0.243. The van der Waals surface area contributed by atoms with Gasteiger partial charge in [-0.1, -0.05) is 35.3 Å². The third-order valence-corrected chi connectivity index (χ3v) is 5.79. The van der Waals surface area contributed by atoms with Crippen molar-refractivity contribution in [3.8, 4) is 5.75 Å². The minimum atomic E-state index is -0.582. The van der Waals surface area contributed by atoms with E-state index in [-0.39, 0.29) is 17.4 Å². The van der Waals surface area contributed by atoms with Crippen LogP contribution in [0.4, 0.5) is 11.4 Å². The van der Waals surface area contributed by atoms with E-state index >= 15 is 0 Å². The van der Waals surface area contributed by atoms with E-state index in [9.17, 15) is 9.59 Å². The minimum absolute atomic E-state index is 0.105. The lowest BCUT2D eigenvalue weighted by molar-refractivity contribution is 0.295. The summed E-state index contributed by atoms with van der Waals surface area (Å²) in [6.07, 6.45) is 0. The molecule has 0 radical (unpaired) electrons. The highest BCUT2D eigenvalue weighted by Crippen LogP contribution is 2.38. The maximum absolute atomic E-state index is 11.8. The number of likely N-dealkylation sites (N-methyl/N-ethyl adjacent to an activating group) is 1. The van der Waals surface area contributed by atoms with Crippen molar-refractivity contribution in [3.05, 3.63) is 83.6 Å². The zero-order chi connectivity index (χ0) is 20.7. The summed E-state index contributed by atoms with van der Waals surface area (Å²) in [6.45, 7) is 3.74. The highest BCUT2D eigenvalue weighted by atomic mass is 35.5. The van der Waals surface area contributed by atoms with E-state index in [0.29, 0.717) is 16.7 Å². The molecule has 1 aliphatic heterocycles. The Morgan fingerprint density at radius 2 is 1.86 bits per heavy atom. The summed E-state index contributed by atoms with van der Waals surface area (Å²) < 4.78 is 5.25. The second kappa shape index (κ2) is 7.82. The lowest BCUT2D eigenvalue weighted by Crippen LogP contribution is -2.35. The molecule has 0 bridgehead atoms. The molecule has 0 amide bonds. The maximum atomic E-state index is 11.8. The highest BCUT2D eigenvalue weighted by molar-refractivity contribution is 6.35. The number of anilines is 2. The number of nitrogens with zero attached hydrogens (tertiary/aromatic N) is 1. The Labute approximate surface area is 178 Å². The molecule has 1 aliphatic rings. The van der Waals surface area contributed by atoms with Crippen molar-refractivity contribution in [2.45, 2.75) is 19.4 Å². The van der Waals surface area contributed by atoms with Crippen LogP contribution in [0.5, 0.6) is 5.75 Å². The number of benzene rings is 2. The Hall–Kier alpha value is -2.34. The van der Waals surface area contributed by atoms with Crippen LogP contribution in [0.1, 0.15) is 29.5 Å². The monoisotopic (exact) mass is 430 g/mol. The first-order valence-corrected chi connectivity index (χ1v) is 10.1. The molecule has 1 heterocycles. The zero-order valence-corrected chi connectivity index (χ0v) is 17.6. The van der Waals surface area contributed by atoms with Crippen LogP contribution in [0.2, 0.25) is 10.0 Å². The van der Waals surface area contributed by atoms with Crippen LogP contribution in [0, 0.1) is 0 Å². The third kappa shape index (κ3) is 3.66. The molecule has 0 spiro atoms. The summed E-state index contributed by atoms with van der Waals surface area (Å²) in [4.78, 5) is 25.7. The van der Waals surface area contributed by atoms with Crippen molar-refractivity contribution in [3.63, 3.8) is 0 Å². The molecule has 7 heteroatoms. The molecular weight excluding hydrogens is 411 g/mol. The summed E-state index contributed by atoms with van der Waals surface area (Å²) >= 11 is 12.7. The van der Waals surface area contributed by atoms with Gasteiger partial charge < -0.3 is 15.0 Å². The van der Waals surface area contributed by atoms with Crippen molar-refractivity contribution >= 4 is 34.6 Å². The summed E-state index contributed by atoms with van der Waals surface area (Å²) in [5, 5.41) is 4.32. The topological polar surface area (TPSA) is 58.6 Å². The number of hydrogen-bond acceptors (Lipinski definition) is 5. The fraction of sp³-hybridized carbons (Fsp3) is 0.273. The number of hydrogen-bond donors (Lipinski definition) is 1. The van der Waals surface area contributed by atoms with Crippen molar-refractivity contribution in [2.75, 3.05) is 25.5 Å². The number of ether oxygens (including phenoxy) is 1. The van der Waals surface area contributed by atoms with Crippen molar-refractivity contribution in [1.82, 2.24) is 4.90 Å². The van der Waals surface area contributed by atoms with Crippen molar-refractivity contribution in [2.24, 2.45) is 0 Å². The molecule has 0 aliphatic carbocycles. The smallest absolute Gasteiger partial charge is 0.272 e. The molecule has 29 heavy (non-hydrogen) atoms. The molecule has 0 saturated carbocycles. The van der Waals surface area contributed by atoms with Gasteiger partial charge in [0.05, 0.1) is 6.61 Å². The molecule has 3 aromatic carbocycles. The van der Waals surface area contributed by atoms with E-state index in [0.717, 1.165) is 35.5 Å². The Bertz CT molecular complexity index is 1130. The first-order chi connectivity index (χ1) is 13.9. The average Bonchev–Trinajstić information content (AvgIpc) is 2.71. The Balaban J connectivity index is 1.62. The average molecular weight is 431 g/mol. The van der Waals surface area contributed by atoms with E-state index < -0.39 is 10.9 Å². The predicted octanol–water partition coefficient (Wildman–Crippen LogP) is 4.31. The standard InChI is InChI=1S/C22H20Cl2N2O3/c1-3-29-22-19(20(27)21(22)28)25-14-6-4-12(5-7-14)16-10-26(2)11-17-15(16)8-13(23)9-18(17)24/h4-9,16,25H,3,10-11H2,1-2H3. The van der Waals surface area contributed by atoms with Gasteiger partial charge in [-0.3, -0.25) is 9.59 Å². The van der Waals surface area contributed by atoms with Crippen molar-refractivity contribution in [1.29, 1.82) is 0 Å². The van der Waals surface area contributed by atoms with E-state index in [4.69, 9.17) is 27.9 Å². The van der Waals surface area contributed by atoms with Gasteiger partial charge in [0, 0.05) is 34.7 Å². The van der Waals surface area contributed by atoms with E-state index in [1.54, 1.807) is 13.0 Å². The molecule has 3 aromatic rings. The molecule has 1 N–H and O–H groups in total. The van der Waals surface area contributed by atoms with E-state index in [1.165, 1.54) is 0 Å². The number of fused-ring (bicyclic) bond motifs is 1. The Morgan fingerprint density at radius 1 is 1.14 bits per heavy atom. The van der Waals surface area contributed by atoms with Crippen LogP contribution in [-0.2, 0) is 6.54 Å². The van der Waals surface area contributed by atoms with Crippen LogP contribution in [0.3, 0.4) is 0 Å². The van der Waals surface area contributed by atoms with Crippen LogP contribution in [-0.4, -0.2) is 25.1 Å². The van der Waals surface area contributed by atoms with Gasteiger partial charge in [0.1, 0.15) is 5.69 Å². The van der Waals surface area contributed by atoms with E-state index in [2.05, 4.69) is 17.3 Å². The second-order valence-electron chi connectivity index (χ2n) is 7.25. The van der Waals surface area contributed by atoms with Crippen LogP contribution in [0.25, 0.3) is 0 Å². The van der Waals surface area contributed by atoms with Crippen LogP contribution in [0.15, 0.2) is 46.0 Å². The summed E-state index contributed by atoms with van der Waals surface area (Å²) in [5.41, 5.74) is 3.16. The fourth-order valence-corrected chi connectivity index (χ4v) is 4.41. The first kappa shape index (κ1) is 20.0. The largest absolute Gasteiger partial charge is 0.488 e. The molecule has 150 valence electrons. The van der Waals surface area contributed by atoms with Gasteiger partial charge in [0.2, 0.25) is 0 Å². The van der Waals surface area contributed by atoms with E-state index in [1.807, 2.05) is 30.3 Å². The van der Waals surface area contributed by atoms with Crippen LogP contribution >= 0.6 is 23.2 Å². The molecule has 5 nitrogen and oxygen atoms in total. The Morgan fingerprint density at radius 3 is 2.55 bits per heavy atom. The molecule has 0 aromatic heterocycles. The third-order valence-electron chi connectivity index (χ3n) is 5.23. The zero-order valence-electron chi connectivity index (χ0n) is 16.1. The fourth-order valence-electron chi connectivity index (χ4n) is 3.84. The molecular formula is C22H20Cl2N2O3. The molecule has 0 saturated heterocycles. The molecule has 0 fully saturated rings. The predicted molar refractivity (Wildman–Crippen MR) is 117 cm³/mol. The van der Waals surface area contributed by atoms with Gasteiger partial charge in [0.25, 0.3) is 10.9 Å². The molecule has 1 atom stereocenters. The lowest BCUT2D eigenvalue weighted by atomic mass is 9.84. The second-order valence-corrected chi connectivity index (χ2v) is 8.09. The first-order valence-electron chi connectivity index (χ1n) is 9.38. The highest BCUT2D eigenvalue weighted by Gasteiger charge is 2.27. The lowest BCUT2D eigenvalue weighted by Gasteiger charge is -2.33. The summed E-state index contributed by atoms with van der Waals surface area (Å²) in [6, 6.07) is 11.6. The van der Waals surface area contributed by atoms with Gasteiger partial charge in [-0.2, -0.15) is 0 Å². The maximum Gasteiger partial charge on any atom is 0.272 e. The van der Waals surface area contributed by atoms with Gasteiger partial charge in [-0.05, 0) is 54.9 Å². The van der Waals surface area contributed by atoms with Gasteiger partial charge in [-0.25, -0.2) is 0 Å². The molecule has 4 rings (SSSR count). The number of nitrogens with one attached hydrogen (secondary N) is 1. The number of rotatable bonds is 5. The number of halogens is 2. The SMILES string of the molecule is CCOc1c(Nc2ccc(C3CN(C)Cc4c(Cl)cc(Cl)cc43)cc2)c(=O)c1=O. The summed E-state index contributed by atoms with van der Waals surface area (Å²) in [7, 11) is 2.07. The van der Waals surface area contributed by atoms with Gasteiger partial charge in [-0.15, -0.1) is 0 Å². The van der Waals surface area contributed by atoms with Gasteiger partial charge in [0.15, 0.2) is 5.75 Å². The minimum Gasteiger partial charge on any atom is -0.488 e. The Kier molecular flexibility index (Phi) is 5.38. The quantitative estimate of drug-likeness (QED) is 0.611. The normalized spacial score (nSPS) is 16.6. The van der Waals surface area contributed by atoms with Crippen LogP contribution < -0.4 is 20.9 Å². The van der Waals surface area contributed by atoms with Crippen molar-refractivity contribution < 1.29 is 4.74 Å².